The number of aryl methyl sites for hydroxylation is 1. The van der Waals surface area contributed by atoms with Crippen molar-refractivity contribution in [2.45, 2.75) is 26.8 Å². The maximum Gasteiger partial charge on any atom is 0.266 e. The highest BCUT2D eigenvalue weighted by atomic mass is 32.1. The number of likely N-dealkylation sites (N-methyl/N-ethyl adjacent to an activating group) is 1. The summed E-state index contributed by atoms with van der Waals surface area (Å²) in [6, 6.07) is 12.1. The number of carbonyl (C=O) groups is 1. The van der Waals surface area contributed by atoms with Crippen LogP contribution in [-0.2, 0) is 0 Å². The normalized spacial score (nSPS) is 16.1. The number of para-hydroxylation sites is 1. The van der Waals surface area contributed by atoms with Gasteiger partial charge in [0.1, 0.15) is 10.8 Å². The Morgan fingerprint density at radius 1 is 1.12 bits per heavy atom. The van der Waals surface area contributed by atoms with Crippen molar-refractivity contribution in [3.8, 4) is 5.75 Å². The summed E-state index contributed by atoms with van der Waals surface area (Å²) in [7, 11) is 1.73. The highest BCUT2D eigenvalue weighted by Gasteiger charge is 2.33. The molecule has 1 atom stereocenters. The van der Waals surface area contributed by atoms with Crippen molar-refractivity contribution in [3.63, 3.8) is 0 Å². The van der Waals surface area contributed by atoms with Crippen molar-refractivity contribution in [1.82, 2.24) is 9.80 Å². The Balaban J connectivity index is 1.78. The second-order valence-electron chi connectivity index (χ2n) is 8.07. The Bertz CT molecular complexity index is 1050. The lowest BCUT2D eigenvalue weighted by Gasteiger charge is -2.40. The van der Waals surface area contributed by atoms with E-state index in [4.69, 9.17) is 4.74 Å². The van der Waals surface area contributed by atoms with Crippen molar-refractivity contribution in [3.05, 3.63) is 68.2 Å². The van der Waals surface area contributed by atoms with Gasteiger partial charge in [-0.2, -0.15) is 0 Å². The number of ether oxygens (including phenoxy) is 1. The molecule has 0 unspecified atom stereocenters. The summed E-state index contributed by atoms with van der Waals surface area (Å²) in [5.41, 5.74) is 3.57. The van der Waals surface area contributed by atoms with Crippen LogP contribution < -0.4 is 10.1 Å². The summed E-state index contributed by atoms with van der Waals surface area (Å²) >= 11 is 3.13. The van der Waals surface area contributed by atoms with E-state index in [9.17, 15) is 4.79 Å². The number of hydrogen-bond acceptors (Lipinski definition) is 6. The van der Waals surface area contributed by atoms with Gasteiger partial charge in [-0.05, 0) is 43.5 Å². The molecule has 3 heterocycles. The van der Waals surface area contributed by atoms with Crippen LogP contribution in [0.4, 0.5) is 5.00 Å². The van der Waals surface area contributed by atoms with Gasteiger partial charge in [0.15, 0.2) is 0 Å². The van der Waals surface area contributed by atoms with E-state index in [1.54, 1.807) is 18.4 Å². The van der Waals surface area contributed by atoms with Gasteiger partial charge in [0.25, 0.3) is 5.91 Å². The van der Waals surface area contributed by atoms with Crippen LogP contribution in [-0.4, -0.2) is 55.5 Å². The topological polar surface area (TPSA) is 44.8 Å². The van der Waals surface area contributed by atoms with Gasteiger partial charge in [-0.15, -0.1) is 22.7 Å². The van der Waals surface area contributed by atoms with Crippen LogP contribution in [0, 0.1) is 13.8 Å². The van der Waals surface area contributed by atoms with Gasteiger partial charge in [0.2, 0.25) is 0 Å². The molecule has 0 aliphatic carbocycles. The number of methoxy groups -OCH3 is 1. The van der Waals surface area contributed by atoms with E-state index in [2.05, 4.69) is 48.0 Å². The van der Waals surface area contributed by atoms with Crippen LogP contribution >= 0.6 is 22.7 Å². The molecule has 0 saturated carbocycles. The van der Waals surface area contributed by atoms with E-state index >= 15 is 0 Å². The van der Waals surface area contributed by atoms with Gasteiger partial charge in [0.05, 0.1) is 18.0 Å². The number of rotatable bonds is 7. The molecule has 0 radical (unpaired) electrons. The predicted octanol–water partition coefficient (Wildman–Crippen LogP) is 5.41. The van der Waals surface area contributed by atoms with Crippen molar-refractivity contribution in [1.29, 1.82) is 0 Å². The average molecular weight is 470 g/mol. The van der Waals surface area contributed by atoms with Gasteiger partial charge in [-0.25, -0.2) is 0 Å². The maximum atomic E-state index is 12.9. The Kier molecular flexibility index (Phi) is 7.30. The summed E-state index contributed by atoms with van der Waals surface area (Å²) < 4.78 is 5.79. The number of nitrogens with zero attached hydrogens (tertiary/aromatic N) is 2. The molecule has 5 nitrogen and oxygen atoms in total. The second-order valence-corrected chi connectivity index (χ2v) is 10.2. The fraction of sp³-hybridized carbons (Fsp3) is 0.400. The lowest BCUT2D eigenvalue weighted by Crippen LogP contribution is -2.47. The Morgan fingerprint density at radius 3 is 2.53 bits per heavy atom. The largest absolute Gasteiger partial charge is 0.496 e. The minimum Gasteiger partial charge on any atom is -0.496 e. The molecule has 7 heteroatoms. The molecule has 3 aromatic rings. The number of amides is 1. The molecule has 1 aliphatic rings. The van der Waals surface area contributed by atoms with Gasteiger partial charge < -0.3 is 15.0 Å². The molecule has 1 amide bonds. The van der Waals surface area contributed by atoms with Crippen molar-refractivity contribution in [2.24, 2.45) is 0 Å². The molecule has 0 bridgehead atoms. The second kappa shape index (κ2) is 10.2. The van der Waals surface area contributed by atoms with Crippen molar-refractivity contribution < 1.29 is 9.53 Å². The lowest BCUT2D eigenvalue weighted by molar-refractivity contribution is 0.102. The smallest absolute Gasteiger partial charge is 0.266 e. The van der Waals surface area contributed by atoms with E-state index in [1.807, 2.05) is 29.6 Å². The standard InChI is InChI=1S/C25H31N3O2S2/c1-5-27-12-14-28(15-13-27)23(19-9-6-7-10-20(19)30-4)22-17(2)18(3)32-25(22)26-24(29)21-11-8-16-31-21/h6-11,16,23H,5,12-15H2,1-4H3,(H,26,29)/t23-/m1/s1. The summed E-state index contributed by atoms with van der Waals surface area (Å²) in [6.07, 6.45) is 0. The fourth-order valence-electron chi connectivity index (χ4n) is 4.40. The first-order valence-corrected chi connectivity index (χ1v) is 12.8. The molecule has 1 N–H and O–H groups in total. The zero-order valence-electron chi connectivity index (χ0n) is 19.2. The molecule has 1 saturated heterocycles. The lowest BCUT2D eigenvalue weighted by atomic mass is 9.93. The first-order chi connectivity index (χ1) is 15.5. The number of carbonyl (C=O) groups excluding carboxylic acids is 1. The molecule has 1 aliphatic heterocycles. The van der Waals surface area contributed by atoms with Gasteiger partial charge in [-0.1, -0.05) is 31.2 Å². The Hall–Kier alpha value is -2.19. The number of hydrogen-bond donors (Lipinski definition) is 1. The van der Waals surface area contributed by atoms with Crippen LogP contribution in [0.2, 0.25) is 0 Å². The monoisotopic (exact) mass is 469 g/mol. The summed E-state index contributed by atoms with van der Waals surface area (Å²) in [4.78, 5) is 19.9. The summed E-state index contributed by atoms with van der Waals surface area (Å²) in [5, 5.41) is 6.11. The number of piperazine rings is 1. The Labute approximate surface area is 198 Å². The van der Waals surface area contributed by atoms with E-state index in [-0.39, 0.29) is 11.9 Å². The van der Waals surface area contributed by atoms with Crippen molar-refractivity contribution in [2.75, 3.05) is 45.2 Å². The minimum atomic E-state index is -0.0444. The van der Waals surface area contributed by atoms with Crippen LogP contribution in [0.5, 0.6) is 5.75 Å². The molecule has 0 spiro atoms. The van der Waals surface area contributed by atoms with Crippen LogP contribution in [0.1, 0.15) is 44.2 Å². The molecule has 1 fully saturated rings. The fourth-order valence-corrected chi connectivity index (χ4v) is 6.11. The molecular formula is C25H31N3O2S2. The zero-order valence-corrected chi connectivity index (χ0v) is 20.8. The van der Waals surface area contributed by atoms with E-state index in [0.29, 0.717) is 0 Å². The highest BCUT2D eigenvalue weighted by molar-refractivity contribution is 7.17. The SMILES string of the molecule is CCN1CCN([C@H](c2ccccc2OC)c2c(NC(=O)c3cccs3)sc(C)c2C)CC1. The highest BCUT2D eigenvalue weighted by Crippen LogP contribution is 2.44. The first kappa shape index (κ1) is 23.0. The molecule has 32 heavy (non-hydrogen) atoms. The van der Waals surface area contributed by atoms with Gasteiger partial charge >= 0.3 is 0 Å². The number of benzene rings is 1. The molecule has 170 valence electrons. The number of anilines is 1. The molecule has 2 aromatic heterocycles. The minimum absolute atomic E-state index is 0.0220. The summed E-state index contributed by atoms with van der Waals surface area (Å²) in [6.45, 7) is 11.6. The molecule has 1 aromatic carbocycles. The quantitative estimate of drug-likeness (QED) is 0.502. The van der Waals surface area contributed by atoms with Gasteiger partial charge in [0, 0.05) is 42.2 Å². The first-order valence-electron chi connectivity index (χ1n) is 11.1. The third-order valence-corrected chi connectivity index (χ3v) is 8.34. The Morgan fingerprint density at radius 2 is 1.88 bits per heavy atom. The maximum absolute atomic E-state index is 12.9. The van der Waals surface area contributed by atoms with E-state index in [0.717, 1.165) is 53.9 Å². The number of thiophene rings is 2. The van der Waals surface area contributed by atoms with Crippen LogP contribution in [0.25, 0.3) is 0 Å². The third kappa shape index (κ3) is 4.62. The van der Waals surface area contributed by atoms with Crippen LogP contribution in [0.15, 0.2) is 41.8 Å². The summed E-state index contributed by atoms with van der Waals surface area (Å²) in [5.74, 6) is 0.839. The van der Waals surface area contributed by atoms with Gasteiger partial charge in [-0.3, -0.25) is 9.69 Å². The molecule has 4 rings (SSSR count). The average Bonchev–Trinajstić information content (AvgIpc) is 3.45. The third-order valence-electron chi connectivity index (χ3n) is 6.33. The predicted molar refractivity (Wildman–Crippen MR) is 135 cm³/mol. The molecular weight excluding hydrogens is 438 g/mol. The van der Waals surface area contributed by atoms with Crippen molar-refractivity contribution >= 4 is 33.6 Å². The van der Waals surface area contributed by atoms with E-state index < -0.39 is 0 Å². The zero-order chi connectivity index (χ0) is 22.7. The van der Waals surface area contributed by atoms with E-state index in [1.165, 1.54) is 27.3 Å². The van der Waals surface area contributed by atoms with Crippen LogP contribution in [0.3, 0.4) is 0 Å². The number of nitrogens with one attached hydrogen (secondary N) is 1.